The summed E-state index contributed by atoms with van der Waals surface area (Å²) >= 11 is 0. The van der Waals surface area contributed by atoms with E-state index in [1.54, 1.807) is 13.3 Å². The highest BCUT2D eigenvalue weighted by atomic mass is 16.5. The Morgan fingerprint density at radius 2 is 2.23 bits per heavy atom. The molecule has 6 nitrogen and oxygen atoms in total. The Labute approximate surface area is 131 Å². The molecule has 2 fully saturated rings. The molecule has 0 spiro atoms. The molecule has 0 unspecified atom stereocenters. The van der Waals surface area contributed by atoms with Crippen LogP contribution in [-0.2, 0) is 16.5 Å². The minimum Gasteiger partial charge on any atom is -0.382 e. The maximum absolute atomic E-state index is 13.0. The van der Waals surface area contributed by atoms with Crippen LogP contribution in [0.2, 0.25) is 0 Å². The highest BCUT2D eigenvalue weighted by molar-refractivity contribution is 5.95. The number of aromatic nitrogens is 2. The third-order valence-corrected chi connectivity index (χ3v) is 4.30. The van der Waals surface area contributed by atoms with E-state index in [1.165, 1.54) is 0 Å². The van der Waals surface area contributed by atoms with Gasteiger partial charge in [0, 0.05) is 33.2 Å². The van der Waals surface area contributed by atoms with Gasteiger partial charge in [-0.05, 0) is 26.7 Å². The highest BCUT2D eigenvalue weighted by Gasteiger charge is 2.38. The van der Waals surface area contributed by atoms with E-state index >= 15 is 0 Å². The lowest BCUT2D eigenvalue weighted by Crippen LogP contribution is -2.55. The van der Waals surface area contributed by atoms with Crippen LogP contribution in [0.5, 0.6) is 0 Å². The molecule has 0 N–H and O–H groups in total. The van der Waals surface area contributed by atoms with E-state index in [1.807, 2.05) is 30.5 Å². The van der Waals surface area contributed by atoms with Crippen LogP contribution in [0.15, 0.2) is 6.20 Å². The molecule has 6 heteroatoms. The first kappa shape index (κ1) is 15.5. The van der Waals surface area contributed by atoms with Gasteiger partial charge in [-0.15, -0.1) is 0 Å². The van der Waals surface area contributed by atoms with Crippen LogP contribution < -0.4 is 0 Å². The van der Waals surface area contributed by atoms with Crippen LogP contribution >= 0.6 is 0 Å². The van der Waals surface area contributed by atoms with Gasteiger partial charge in [-0.2, -0.15) is 5.10 Å². The van der Waals surface area contributed by atoms with Crippen LogP contribution in [-0.4, -0.2) is 59.1 Å². The molecular weight excluding hydrogens is 282 g/mol. The monoisotopic (exact) mass is 307 g/mol. The fourth-order valence-electron chi connectivity index (χ4n) is 3.35. The fourth-order valence-corrected chi connectivity index (χ4v) is 3.35. The van der Waals surface area contributed by atoms with Crippen molar-refractivity contribution in [2.75, 3.05) is 26.8 Å². The van der Waals surface area contributed by atoms with Crippen molar-refractivity contribution in [3.05, 3.63) is 17.5 Å². The number of ether oxygens (including phenoxy) is 2. The van der Waals surface area contributed by atoms with Crippen molar-refractivity contribution in [3.8, 4) is 0 Å². The van der Waals surface area contributed by atoms with E-state index < -0.39 is 0 Å². The smallest absolute Gasteiger partial charge is 0.257 e. The van der Waals surface area contributed by atoms with Gasteiger partial charge in [-0.3, -0.25) is 9.48 Å². The summed E-state index contributed by atoms with van der Waals surface area (Å²) in [6, 6.07) is 0. The van der Waals surface area contributed by atoms with Crippen LogP contribution in [0.25, 0.3) is 0 Å². The first-order chi connectivity index (χ1) is 10.4. The predicted molar refractivity (Wildman–Crippen MR) is 81.9 cm³/mol. The number of hydrogen-bond donors (Lipinski definition) is 0. The molecule has 3 rings (SSSR count). The summed E-state index contributed by atoms with van der Waals surface area (Å²) in [5.41, 5.74) is 1.47. The van der Waals surface area contributed by atoms with Crippen LogP contribution in [0.3, 0.4) is 0 Å². The van der Waals surface area contributed by atoms with E-state index in [-0.39, 0.29) is 17.6 Å². The first-order valence-corrected chi connectivity index (χ1v) is 7.89. The largest absolute Gasteiger partial charge is 0.382 e. The van der Waals surface area contributed by atoms with Crippen molar-refractivity contribution >= 4 is 5.91 Å². The van der Waals surface area contributed by atoms with Crippen molar-refractivity contribution in [1.29, 1.82) is 0 Å². The third-order valence-electron chi connectivity index (χ3n) is 4.30. The molecule has 1 aromatic rings. The predicted octanol–water partition coefficient (Wildman–Crippen LogP) is 1.56. The number of methoxy groups -OCH3 is 1. The standard InChI is InChI=1S/C16H25N3O3/c1-16(2)10-19(8-12(22-16)9-21-4)15(20)13-7-17-18(3)14(13)11-5-6-11/h7,11-12H,5-6,8-10H2,1-4H3/t12-/m1/s1. The summed E-state index contributed by atoms with van der Waals surface area (Å²) in [7, 11) is 3.57. The molecule has 0 radical (unpaired) electrons. The number of morpholine rings is 1. The molecule has 22 heavy (non-hydrogen) atoms. The minimum atomic E-state index is -0.362. The summed E-state index contributed by atoms with van der Waals surface area (Å²) in [6.45, 7) is 5.68. The van der Waals surface area contributed by atoms with E-state index in [4.69, 9.17) is 9.47 Å². The van der Waals surface area contributed by atoms with Crippen LogP contribution in [0.1, 0.15) is 48.7 Å². The summed E-state index contributed by atoms with van der Waals surface area (Å²) in [6.07, 6.45) is 3.93. The summed E-state index contributed by atoms with van der Waals surface area (Å²) in [4.78, 5) is 14.9. The van der Waals surface area contributed by atoms with Gasteiger partial charge in [0.1, 0.15) is 0 Å². The lowest BCUT2D eigenvalue weighted by atomic mass is 10.0. The summed E-state index contributed by atoms with van der Waals surface area (Å²) in [5, 5.41) is 4.30. The normalized spacial score (nSPS) is 24.5. The van der Waals surface area contributed by atoms with Crippen molar-refractivity contribution < 1.29 is 14.3 Å². The zero-order valence-corrected chi connectivity index (χ0v) is 13.8. The molecule has 0 bridgehead atoms. The Balaban J connectivity index is 1.81. The number of aryl methyl sites for hydroxylation is 1. The molecule has 1 aliphatic carbocycles. The molecule has 2 heterocycles. The SMILES string of the molecule is COC[C@H]1CN(C(=O)c2cnn(C)c2C2CC2)CC(C)(C)O1. The maximum atomic E-state index is 13.0. The molecule has 1 aliphatic heterocycles. The molecule has 122 valence electrons. The van der Waals surface area contributed by atoms with Crippen molar-refractivity contribution in [2.45, 2.75) is 44.3 Å². The van der Waals surface area contributed by atoms with Crippen molar-refractivity contribution in [2.24, 2.45) is 7.05 Å². The van der Waals surface area contributed by atoms with E-state index in [2.05, 4.69) is 5.10 Å². The number of rotatable bonds is 4. The van der Waals surface area contributed by atoms with E-state index in [0.29, 0.717) is 25.6 Å². The number of amides is 1. The molecule has 1 amide bonds. The summed E-state index contributed by atoms with van der Waals surface area (Å²) < 4.78 is 13.0. The lowest BCUT2D eigenvalue weighted by molar-refractivity contribution is -0.143. The van der Waals surface area contributed by atoms with Crippen molar-refractivity contribution in [1.82, 2.24) is 14.7 Å². The summed E-state index contributed by atoms with van der Waals surface area (Å²) in [5.74, 6) is 0.558. The number of nitrogens with zero attached hydrogens (tertiary/aromatic N) is 3. The Hall–Kier alpha value is -1.40. The van der Waals surface area contributed by atoms with E-state index in [9.17, 15) is 4.79 Å². The second-order valence-corrected chi connectivity index (χ2v) is 6.98. The zero-order valence-electron chi connectivity index (χ0n) is 13.8. The van der Waals surface area contributed by atoms with Gasteiger partial charge >= 0.3 is 0 Å². The zero-order chi connectivity index (χ0) is 15.9. The molecule has 1 aromatic heterocycles. The number of carbonyl (C=O) groups is 1. The van der Waals surface area contributed by atoms with Gasteiger partial charge < -0.3 is 14.4 Å². The van der Waals surface area contributed by atoms with Gasteiger partial charge in [0.05, 0.1) is 35.8 Å². The highest BCUT2D eigenvalue weighted by Crippen LogP contribution is 2.41. The van der Waals surface area contributed by atoms with Gasteiger partial charge in [-0.1, -0.05) is 0 Å². The van der Waals surface area contributed by atoms with Gasteiger partial charge in [-0.25, -0.2) is 0 Å². The Morgan fingerprint density at radius 3 is 2.86 bits per heavy atom. The lowest BCUT2D eigenvalue weighted by Gasteiger charge is -2.42. The second kappa shape index (κ2) is 5.66. The molecule has 2 aliphatic rings. The average Bonchev–Trinajstić information content (AvgIpc) is 3.19. The Bertz CT molecular complexity index is 563. The first-order valence-electron chi connectivity index (χ1n) is 7.89. The topological polar surface area (TPSA) is 56.6 Å². The van der Waals surface area contributed by atoms with E-state index in [0.717, 1.165) is 24.1 Å². The molecule has 1 atom stereocenters. The quantitative estimate of drug-likeness (QED) is 0.847. The third kappa shape index (κ3) is 3.03. The second-order valence-electron chi connectivity index (χ2n) is 6.98. The minimum absolute atomic E-state index is 0.0625. The fraction of sp³-hybridized carbons (Fsp3) is 0.750. The van der Waals surface area contributed by atoms with Crippen LogP contribution in [0.4, 0.5) is 0 Å². The molecule has 1 saturated carbocycles. The maximum Gasteiger partial charge on any atom is 0.257 e. The van der Waals surface area contributed by atoms with Gasteiger partial charge in [0.25, 0.3) is 5.91 Å². The van der Waals surface area contributed by atoms with Crippen LogP contribution in [0, 0.1) is 0 Å². The molecular formula is C16H25N3O3. The Kier molecular flexibility index (Phi) is 3.99. The Morgan fingerprint density at radius 1 is 1.50 bits per heavy atom. The average molecular weight is 307 g/mol. The number of carbonyl (C=O) groups excluding carboxylic acids is 1. The molecule has 1 saturated heterocycles. The van der Waals surface area contributed by atoms with Crippen molar-refractivity contribution in [3.63, 3.8) is 0 Å². The number of hydrogen-bond acceptors (Lipinski definition) is 4. The molecule has 0 aromatic carbocycles. The van der Waals surface area contributed by atoms with Gasteiger partial charge in [0.2, 0.25) is 0 Å². The van der Waals surface area contributed by atoms with Gasteiger partial charge in [0.15, 0.2) is 0 Å².